The minimum Gasteiger partial charge on any atom is -0.341 e. The van der Waals surface area contributed by atoms with Gasteiger partial charge in [-0.25, -0.2) is 13.4 Å². The van der Waals surface area contributed by atoms with Gasteiger partial charge < -0.3 is 4.90 Å². The third-order valence-corrected chi connectivity index (χ3v) is 8.47. The van der Waals surface area contributed by atoms with E-state index in [4.69, 9.17) is 0 Å². The summed E-state index contributed by atoms with van der Waals surface area (Å²) in [6.07, 6.45) is 0.460. The van der Waals surface area contributed by atoms with E-state index in [1.165, 1.54) is 16.7 Å². The molecule has 0 saturated carbocycles. The van der Waals surface area contributed by atoms with Crippen LogP contribution >= 0.6 is 11.8 Å². The summed E-state index contributed by atoms with van der Waals surface area (Å²) in [5.41, 5.74) is 2.54. The SMILES string of the molecule is Cc1ccc(Cn2c(SCC(=O)N(C)[C@H]3CCS(=O)(=O)C3)nc3ccccc3c2=O)cc1. The topological polar surface area (TPSA) is 89.3 Å². The number of fused-ring (bicyclic) bond motifs is 1. The van der Waals surface area contributed by atoms with Crippen LogP contribution in [-0.2, 0) is 21.2 Å². The van der Waals surface area contributed by atoms with Gasteiger partial charge in [-0.05, 0) is 31.0 Å². The van der Waals surface area contributed by atoms with Gasteiger partial charge in [-0.3, -0.25) is 14.2 Å². The number of carbonyl (C=O) groups excluding carboxylic acids is 1. The Morgan fingerprint density at radius 1 is 1.19 bits per heavy atom. The van der Waals surface area contributed by atoms with Crippen molar-refractivity contribution < 1.29 is 13.2 Å². The highest BCUT2D eigenvalue weighted by molar-refractivity contribution is 7.99. The Morgan fingerprint density at radius 2 is 1.91 bits per heavy atom. The molecule has 3 aromatic rings. The first-order valence-electron chi connectivity index (χ1n) is 10.4. The lowest BCUT2D eigenvalue weighted by Gasteiger charge is -2.23. The van der Waals surface area contributed by atoms with E-state index in [-0.39, 0.29) is 34.8 Å². The molecule has 32 heavy (non-hydrogen) atoms. The van der Waals surface area contributed by atoms with Crippen molar-refractivity contribution in [1.82, 2.24) is 14.5 Å². The molecular formula is C23H25N3O4S2. The number of carbonyl (C=O) groups is 1. The van der Waals surface area contributed by atoms with E-state index in [1.54, 1.807) is 23.7 Å². The van der Waals surface area contributed by atoms with Crippen LogP contribution in [0.2, 0.25) is 0 Å². The standard InChI is InChI=1S/C23H25N3O4S2/c1-16-7-9-17(10-8-16)13-26-22(28)19-5-3-4-6-20(19)24-23(26)31-14-21(27)25(2)18-11-12-32(29,30)15-18/h3-10,18H,11-15H2,1-2H3/t18-/m0/s1. The summed E-state index contributed by atoms with van der Waals surface area (Å²) >= 11 is 1.20. The Morgan fingerprint density at radius 3 is 2.59 bits per heavy atom. The Hall–Kier alpha value is -2.65. The lowest BCUT2D eigenvalue weighted by Crippen LogP contribution is -2.39. The minimum absolute atomic E-state index is 0.00621. The predicted molar refractivity (Wildman–Crippen MR) is 127 cm³/mol. The number of thioether (sulfide) groups is 1. The first kappa shape index (κ1) is 22.5. The van der Waals surface area contributed by atoms with Gasteiger partial charge in [0.15, 0.2) is 15.0 Å². The highest BCUT2D eigenvalue weighted by atomic mass is 32.2. The molecule has 1 aliphatic rings. The van der Waals surface area contributed by atoms with E-state index in [1.807, 2.05) is 43.3 Å². The van der Waals surface area contributed by atoms with Crippen LogP contribution in [0, 0.1) is 6.92 Å². The molecule has 0 unspecified atom stereocenters. The lowest BCUT2D eigenvalue weighted by atomic mass is 10.1. The largest absolute Gasteiger partial charge is 0.341 e. The number of aryl methyl sites for hydroxylation is 1. The van der Waals surface area contributed by atoms with E-state index >= 15 is 0 Å². The normalized spacial score (nSPS) is 17.5. The molecule has 0 N–H and O–H groups in total. The molecule has 9 heteroatoms. The summed E-state index contributed by atoms with van der Waals surface area (Å²) in [6, 6.07) is 14.8. The zero-order valence-electron chi connectivity index (χ0n) is 18.0. The number of benzene rings is 2. The zero-order chi connectivity index (χ0) is 22.9. The second kappa shape index (κ2) is 9.07. The molecule has 1 aromatic heterocycles. The van der Waals surface area contributed by atoms with Crippen LogP contribution in [0.1, 0.15) is 17.5 Å². The second-order valence-corrected chi connectivity index (χ2v) is 11.3. The van der Waals surface area contributed by atoms with Crippen molar-refractivity contribution in [3.05, 3.63) is 70.0 Å². The summed E-state index contributed by atoms with van der Waals surface area (Å²) < 4.78 is 25.1. The second-order valence-electron chi connectivity index (χ2n) is 8.14. The fraction of sp³-hybridized carbons (Fsp3) is 0.348. The van der Waals surface area contributed by atoms with Crippen LogP contribution in [0.5, 0.6) is 0 Å². The van der Waals surface area contributed by atoms with Crippen LogP contribution in [0.4, 0.5) is 0 Å². The molecule has 2 aromatic carbocycles. The van der Waals surface area contributed by atoms with Gasteiger partial charge in [0.05, 0.1) is 34.7 Å². The average molecular weight is 472 g/mol. The van der Waals surface area contributed by atoms with Crippen LogP contribution in [0.15, 0.2) is 58.5 Å². The molecule has 168 valence electrons. The van der Waals surface area contributed by atoms with Gasteiger partial charge in [-0.2, -0.15) is 0 Å². The minimum atomic E-state index is -3.07. The number of para-hydroxylation sites is 1. The number of nitrogens with zero attached hydrogens (tertiary/aromatic N) is 3. The molecule has 0 radical (unpaired) electrons. The molecule has 0 aliphatic carbocycles. The van der Waals surface area contributed by atoms with Crippen molar-refractivity contribution in [2.75, 3.05) is 24.3 Å². The highest BCUT2D eigenvalue weighted by Gasteiger charge is 2.32. The molecule has 1 fully saturated rings. The van der Waals surface area contributed by atoms with Gasteiger partial charge in [0.1, 0.15) is 0 Å². The third-order valence-electron chi connectivity index (χ3n) is 5.76. The van der Waals surface area contributed by atoms with Gasteiger partial charge in [0.2, 0.25) is 5.91 Å². The maximum Gasteiger partial charge on any atom is 0.262 e. The van der Waals surface area contributed by atoms with E-state index < -0.39 is 9.84 Å². The van der Waals surface area contributed by atoms with Crippen LogP contribution < -0.4 is 5.56 Å². The van der Waals surface area contributed by atoms with Crippen molar-refractivity contribution in [2.24, 2.45) is 0 Å². The van der Waals surface area contributed by atoms with E-state index in [2.05, 4.69) is 4.98 Å². The number of rotatable bonds is 6. The number of hydrogen-bond donors (Lipinski definition) is 0. The smallest absolute Gasteiger partial charge is 0.262 e. The summed E-state index contributed by atoms with van der Waals surface area (Å²) in [7, 11) is -1.43. The summed E-state index contributed by atoms with van der Waals surface area (Å²) in [6.45, 7) is 2.36. The summed E-state index contributed by atoms with van der Waals surface area (Å²) in [4.78, 5) is 32.2. The number of hydrogen-bond acceptors (Lipinski definition) is 6. The zero-order valence-corrected chi connectivity index (χ0v) is 19.7. The van der Waals surface area contributed by atoms with Gasteiger partial charge in [0.25, 0.3) is 5.56 Å². The van der Waals surface area contributed by atoms with Gasteiger partial charge in [-0.15, -0.1) is 0 Å². The molecule has 1 aliphatic heterocycles. The number of amides is 1. The molecular weight excluding hydrogens is 446 g/mol. The fourth-order valence-electron chi connectivity index (χ4n) is 3.79. The van der Waals surface area contributed by atoms with Crippen molar-refractivity contribution in [2.45, 2.75) is 31.1 Å². The van der Waals surface area contributed by atoms with E-state index in [0.29, 0.717) is 29.0 Å². The van der Waals surface area contributed by atoms with E-state index in [9.17, 15) is 18.0 Å². The Balaban J connectivity index is 1.60. The molecule has 4 rings (SSSR count). The quantitative estimate of drug-likeness (QED) is 0.405. The molecule has 0 bridgehead atoms. The fourth-order valence-corrected chi connectivity index (χ4v) is 6.48. The third kappa shape index (κ3) is 4.88. The van der Waals surface area contributed by atoms with Crippen LogP contribution in [0.3, 0.4) is 0 Å². The van der Waals surface area contributed by atoms with Gasteiger partial charge >= 0.3 is 0 Å². The summed E-state index contributed by atoms with van der Waals surface area (Å²) in [5, 5.41) is 0.999. The Labute approximate surface area is 191 Å². The Bertz CT molecular complexity index is 1320. The Kier molecular flexibility index (Phi) is 6.39. The molecule has 2 heterocycles. The molecule has 0 spiro atoms. The van der Waals surface area contributed by atoms with Gasteiger partial charge in [0, 0.05) is 13.1 Å². The first-order chi connectivity index (χ1) is 15.2. The molecule has 7 nitrogen and oxygen atoms in total. The monoisotopic (exact) mass is 471 g/mol. The molecule has 1 saturated heterocycles. The van der Waals surface area contributed by atoms with Crippen molar-refractivity contribution in [3.8, 4) is 0 Å². The van der Waals surface area contributed by atoms with Crippen molar-refractivity contribution in [3.63, 3.8) is 0 Å². The maximum atomic E-state index is 13.2. The van der Waals surface area contributed by atoms with Crippen molar-refractivity contribution in [1.29, 1.82) is 0 Å². The van der Waals surface area contributed by atoms with Gasteiger partial charge in [-0.1, -0.05) is 53.7 Å². The average Bonchev–Trinajstić information content (AvgIpc) is 3.14. The highest BCUT2D eigenvalue weighted by Crippen LogP contribution is 2.22. The van der Waals surface area contributed by atoms with Crippen LogP contribution in [0.25, 0.3) is 10.9 Å². The number of sulfone groups is 1. The molecule has 1 atom stereocenters. The predicted octanol–water partition coefficient (Wildman–Crippen LogP) is 2.49. The number of aromatic nitrogens is 2. The summed E-state index contributed by atoms with van der Waals surface area (Å²) in [5.74, 6) is 0.0179. The molecule has 1 amide bonds. The maximum absolute atomic E-state index is 13.2. The van der Waals surface area contributed by atoms with Crippen molar-refractivity contribution >= 4 is 38.4 Å². The lowest BCUT2D eigenvalue weighted by molar-refractivity contribution is -0.128. The van der Waals surface area contributed by atoms with E-state index in [0.717, 1.165) is 11.1 Å². The first-order valence-corrected chi connectivity index (χ1v) is 13.2. The van der Waals surface area contributed by atoms with Crippen LogP contribution in [-0.4, -0.2) is 59.1 Å².